The Bertz CT molecular complexity index is 375. The van der Waals surface area contributed by atoms with Crippen LogP contribution in [0.25, 0.3) is 0 Å². The number of rotatable bonds is 3. The summed E-state index contributed by atoms with van der Waals surface area (Å²) in [5, 5.41) is 0.630. The first-order valence-electron chi connectivity index (χ1n) is 3.57. The molecule has 0 saturated heterocycles. The van der Waals surface area contributed by atoms with Gasteiger partial charge in [-0.05, 0) is 23.0 Å². The van der Waals surface area contributed by atoms with Gasteiger partial charge in [0, 0.05) is 0 Å². The molecular formula is C7H5ClF2N2O2S. The van der Waals surface area contributed by atoms with Gasteiger partial charge in [0.25, 0.3) is 0 Å². The van der Waals surface area contributed by atoms with Crippen molar-refractivity contribution in [3.8, 4) is 0 Å². The van der Waals surface area contributed by atoms with Crippen molar-refractivity contribution in [3.63, 3.8) is 0 Å². The summed E-state index contributed by atoms with van der Waals surface area (Å²) in [5.74, 6) is -2.14. The van der Waals surface area contributed by atoms with E-state index in [1.807, 2.05) is 0 Å². The van der Waals surface area contributed by atoms with E-state index in [9.17, 15) is 13.6 Å². The summed E-state index contributed by atoms with van der Waals surface area (Å²) in [5.41, 5.74) is 5.33. The Morgan fingerprint density at radius 1 is 1.67 bits per heavy atom. The third-order valence-electron chi connectivity index (χ3n) is 1.23. The van der Waals surface area contributed by atoms with E-state index in [-0.39, 0.29) is 5.84 Å². The summed E-state index contributed by atoms with van der Waals surface area (Å²) >= 11 is 5.60. The summed E-state index contributed by atoms with van der Waals surface area (Å²) in [6, 6.07) is 3.27. The second-order valence-electron chi connectivity index (χ2n) is 2.33. The molecule has 0 amide bonds. The molecule has 1 aromatic rings. The van der Waals surface area contributed by atoms with Crippen molar-refractivity contribution in [1.82, 2.24) is 0 Å². The fourth-order valence-electron chi connectivity index (χ4n) is 0.612. The molecule has 1 aromatic heterocycles. The number of nitrogens with zero attached hydrogens (tertiary/aromatic N) is 1. The lowest BCUT2D eigenvalue weighted by Crippen LogP contribution is -2.24. The Kier molecular flexibility index (Phi) is 3.59. The number of alkyl halides is 3. The third-order valence-corrected chi connectivity index (χ3v) is 2.28. The molecule has 0 radical (unpaired) electrons. The average molecular weight is 255 g/mol. The summed E-state index contributed by atoms with van der Waals surface area (Å²) < 4.78 is 24.2. The molecule has 0 fully saturated rings. The fourth-order valence-corrected chi connectivity index (χ4v) is 1.27. The van der Waals surface area contributed by atoms with Crippen LogP contribution in [-0.4, -0.2) is 17.2 Å². The Balaban J connectivity index is 2.63. The van der Waals surface area contributed by atoms with Crippen molar-refractivity contribution in [1.29, 1.82) is 0 Å². The molecule has 82 valence electrons. The van der Waals surface area contributed by atoms with Crippen LogP contribution < -0.4 is 5.73 Å². The predicted molar refractivity (Wildman–Crippen MR) is 51.9 cm³/mol. The molecule has 0 aromatic carbocycles. The monoisotopic (exact) mass is 254 g/mol. The molecule has 0 aliphatic rings. The standard InChI is InChI=1S/C7H5ClF2N2O2S/c8-7(9,10)6(13)14-12-5(11)4-2-1-3-15-4/h1-3H,(H2,11,12). The van der Waals surface area contributed by atoms with E-state index in [1.165, 1.54) is 11.3 Å². The van der Waals surface area contributed by atoms with Crippen molar-refractivity contribution < 1.29 is 18.4 Å². The Morgan fingerprint density at radius 2 is 2.33 bits per heavy atom. The van der Waals surface area contributed by atoms with Crippen LogP contribution in [0.5, 0.6) is 0 Å². The number of amidine groups is 1. The molecule has 0 atom stereocenters. The lowest BCUT2D eigenvalue weighted by molar-refractivity contribution is -0.161. The third kappa shape index (κ3) is 3.45. The fraction of sp³-hybridized carbons (Fsp3) is 0.143. The van der Waals surface area contributed by atoms with Crippen LogP contribution in [0.4, 0.5) is 8.78 Å². The first-order valence-corrected chi connectivity index (χ1v) is 4.82. The van der Waals surface area contributed by atoms with E-state index in [0.717, 1.165) is 0 Å². The van der Waals surface area contributed by atoms with Crippen molar-refractivity contribution in [2.75, 3.05) is 0 Å². The largest absolute Gasteiger partial charge is 0.420 e. The van der Waals surface area contributed by atoms with Gasteiger partial charge in [0.05, 0.1) is 4.88 Å². The van der Waals surface area contributed by atoms with Gasteiger partial charge in [-0.25, -0.2) is 4.79 Å². The zero-order chi connectivity index (χ0) is 11.5. The van der Waals surface area contributed by atoms with Gasteiger partial charge in [0.15, 0.2) is 5.84 Å². The summed E-state index contributed by atoms with van der Waals surface area (Å²) in [7, 11) is 0. The van der Waals surface area contributed by atoms with E-state index in [0.29, 0.717) is 4.88 Å². The molecule has 0 saturated carbocycles. The summed E-state index contributed by atoms with van der Waals surface area (Å²) in [6.45, 7) is 0. The van der Waals surface area contributed by atoms with E-state index in [2.05, 4.69) is 21.6 Å². The quantitative estimate of drug-likeness (QED) is 0.294. The SMILES string of the molecule is N/C(=N\OC(=O)C(F)(F)Cl)c1cccs1. The minimum atomic E-state index is -4.10. The van der Waals surface area contributed by atoms with E-state index in [4.69, 9.17) is 5.73 Å². The van der Waals surface area contributed by atoms with Crippen LogP contribution in [0.3, 0.4) is 0 Å². The smallest absolute Gasteiger partial charge is 0.380 e. The number of thiophene rings is 1. The Hall–Kier alpha value is -1.21. The normalized spacial score (nSPS) is 12.6. The zero-order valence-electron chi connectivity index (χ0n) is 7.12. The van der Waals surface area contributed by atoms with Crippen molar-refractivity contribution in [2.24, 2.45) is 10.9 Å². The highest BCUT2D eigenvalue weighted by atomic mass is 35.5. The van der Waals surface area contributed by atoms with Crippen LogP contribution in [0.2, 0.25) is 0 Å². The molecule has 0 aliphatic heterocycles. The zero-order valence-corrected chi connectivity index (χ0v) is 8.69. The first-order chi connectivity index (χ1) is 6.91. The average Bonchev–Trinajstić information content (AvgIpc) is 2.64. The molecule has 1 heterocycles. The molecule has 0 bridgehead atoms. The van der Waals surface area contributed by atoms with Crippen LogP contribution in [-0.2, 0) is 9.63 Å². The van der Waals surface area contributed by atoms with Gasteiger partial charge in [-0.2, -0.15) is 8.78 Å². The number of hydrogen-bond donors (Lipinski definition) is 1. The predicted octanol–water partition coefficient (Wildman–Crippen LogP) is 1.74. The van der Waals surface area contributed by atoms with Crippen LogP contribution >= 0.6 is 22.9 Å². The highest BCUT2D eigenvalue weighted by Gasteiger charge is 2.38. The maximum atomic E-state index is 12.1. The topological polar surface area (TPSA) is 64.7 Å². The molecule has 0 unspecified atom stereocenters. The van der Waals surface area contributed by atoms with E-state index in [1.54, 1.807) is 17.5 Å². The van der Waals surface area contributed by atoms with Gasteiger partial charge >= 0.3 is 11.4 Å². The van der Waals surface area contributed by atoms with Gasteiger partial charge < -0.3 is 10.6 Å². The molecule has 1 rings (SSSR count). The van der Waals surface area contributed by atoms with Gasteiger partial charge in [-0.15, -0.1) is 11.3 Å². The maximum Gasteiger partial charge on any atom is 0.420 e. The number of hydrogen-bond acceptors (Lipinski definition) is 4. The lowest BCUT2D eigenvalue weighted by Gasteiger charge is -2.03. The molecule has 0 aliphatic carbocycles. The minimum Gasteiger partial charge on any atom is -0.380 e. The van der Waals surface area contributed by atoms with Crippen LogP contribution in [0.1, 0.15) is 4.88 Å². The van der Waals surface area contributed by atoms with Crippen molar-refractivity contribution in [2.45, 2.75) is 5.38 Å². The van der Waals surface area contributed by atoms with E-state index < -0.39 is 11.4 Å². The Labute approximate surface area is 92.3 Å². The maximum absolute atomic E-state index is 12.1. The van der Waals surface area contributed by atoms with Crippen molar-refractivity contribution >= 4 is 34.7 Å². The second kappa shape index (κ2) is 4.54. The number of halogens is 3. The highest BCUT2D eigenvalue weighted by molar-refractivity contribution is 7.12. The molecule has 15 heavy (non-hydrogen) atoms. The highest BCUT2D eigenvalue weighted by Crippen LogP contribution is 2.20. The van der Waals surface area contributed by atoms with Gasteiger partial charge in [-0.1, -0.05) is 11.2 Å². The number of oxime groups is 1. The van der Waals surface area contributed by atoms with Crippen LogP contribution in [0, 0.1) is 0 Å². The van der Waals surface area contributed by atoms with Gasteiger partial charge in [-0.3, -0.25) is 0 Å². The molecule has 8 heteroatoms. The molecule has 0 spiro atoms. The van der Waals surface area contributed by atoms with Crippen LogP contribution in [0.15, 0.2) is 22.7 Å². The van der Waals surface area contributed by atoms with Crippen molar-refractivity contribution in [3.05, 3.63) is 22.4 Å². The first kappa shape index (κ1) is 11.9. The molecular weight excluding hydrogens is 250 g/mol. The Morgan fingerprint density at radius 3 is 2.80 bits per heavy atom. The van der Waals surface area contributed by atoms with Gasteiger partial charge in [0.2, 0.25) is 0 Å². The second-order valence-corrected chi connectivity index (χ2v) is 3.75. The lowest BCUT2D eigenvalue weighted by atomic mass is 10.4. The number of carbonyl (C=O) groups is 1. The van der Waals surface area contributed by atoms with E-state index >= 15 is 0 Å². The van der Waals surface area contributed by atoms with Gasteiger partial charge in [0.1, 0.15) is 0 Å². The number of nitrogens with two attached hydrogens (primary N) is 1. The summed E-state index contributed by atoms with van der Waals surface area (Å²) in [6.07, 6.45) is 0. The summed E-state index contributed by atoms with van der Waals surface area (Å²) in [4.78, 5) is 14.8. The number of carbonyl (C=O) groups excluding carboxylic acids is 1. The molecule has 2 N–H and O–H groups in total. The minimum absolute atomic E-state index is 0.167. The molecule has 4 nitrogen and oxygen atoms in total.